The molecule has 2 heterocycles. The fourth-order valence-corrected chi connectivity index (χ4v) is 3.00. The van der Waals surface area contributed by atoms with Gasteiger partial charge in [0.15, 0.2) is 11.6 Å². The van der Waals surface area contributed by atoms with Gasteiger partial charge in [-0.2, -0.15) is 4.98 Å². The second-order valence-corrected chi connectivity index (χ2v) is 6.45. The van der Waals surface area contributed by atoms with Crippen molar-refractivity contribution in [2.75, 3.05) is 11.1 Å². The first-order chi connectivity index (χ1) is 13.1. The number of benzene rings is 2. The molecule has 0 aliphatic carbocycles. The van der Waals surface area contributed by atoms with E-state index < -0.39 is 5.82 Å². The van der Waals surface area contributed by atoms with Crippen LogP contribution in [0.15, 0.2) is 65.5 Å². The van der Waals surface area contributed by atoms with E-state index in [1.54, 1.807) is 30.5 Å². The van der Waals surface area contributed by atoms with Crippen LogP contribution in [-0.4, -0.2) is 15.0 Å². The minimum absolute atomic E-state index is 0.151. The maximum absolute atomic E-state index is 13.9. The van der Waals surface area contributed by atoms with Gasteiger partial charge in [0.1, 0.15) is 23.3 Å². The van der Waals surface area contributed by atoms with Crippen LogP contribution in [0.4, 0.5) is 21.6 Å². The highest BCUT2D eigenvalue weighted by Gasteiger charge is 2.14. The van der Waals surface area contributed by atoms with Gasteiger partial charge in [0.25, 0.3) is 0 Å². The number of nitrogens with two attached hydrogens (primary N) is 1. The van der Waals surface area contributed by atoms with E-state index in [-0.39, 0.29) is 23.1 Å². The second kappa shape index (κ2) is 7.16. The molecule has 0 atom stereocenters. The molecule has 0 fully saturated rings. The van der Waals surface area contributed by atoms with Crippen LogP contribution in [0.3, 0.4) is 0 Å². The van der Waals surface area contributed by atoms with Crippen molar-refractivity contribution in [1.29, 1.82) is 0 Å². The van der Waals surface area contributed by atoms with Crippen LogP contribution >= 0.6 is 15.9 Å². The van der Waals surface area contributed by atoms with Crippen molar-refractivity contribution in [2.24, 2.45) is 0 Å². The van der Waals surface area contributed by atoms with E-state index in [0.717, 1.165) is 9.86 Å². The number of anilines is 3. The number of hydrogen-bond acceptors (Lipinski definition) is 6. The number of para-hydroxylation sites is 1. The van der Waals surface area contributed by atoms with Gasteiger partial charge in [-0.05, 0) is 30.3 Å². The summed E-state index contributed by atoms with van der Waals surface area (Å²) in [7, 11) is 0. The lowest BCUT2D eigenvalue weighted by atomic mass is 10.2. The van der Waals surface area contributed by atoms with Crippen LogP contribution in [0.25, 0.3) is 10.9 Å². The highest BCUT2D eigenvalue weighted by Crippen LogP contribution is 2.36. The SMILES string of the molecule is Nc1c(Nc2ccccc2F)ncnc1Oc1ccc(Br)c2cccnc12. The topological polar surface area (TPSA) is 86.0 Å². The second-order valence-electron chi connectivity index (χ2n) is 5.59. The molecule has 2 aromatic heterocycles. The molecule has 0 aliphatic heterocycles. The lowest BCUT2D eigenvalue weighted by molar-refractivity contribution is 0.469. The number of aromatic nitrogens is 3. The zero-order chi connectivity index (χ0) is 18.8. The summed E-state index contributed by atoms with van der Waals surface area (Å²) in [4.78, 5) is 12.5. The number of pyridine rings is 1. The van der Waals surface area contributed by atoms with E-state index in [9.17, 15) is 4.39 Å². The molecule has 0 aliphatic rings. The third-order valence-electron chi connectivity index (χ3n) is 3.86. The summed E-state index contributed by atoms with van der Waals surface area (Å²) >= 11 is 3.49. The molecule has 0 amide bonds. The van der Waals surface area contributed by atoms with Crippen LogP contribution < -0.4 is 15.8 Å². The van der Waals surface area contributed by atoms with Gasteiger partial charge in [-0.1, -0.05) is 34.1 Å². The fraction of sp³-hybridized carbons (Fsp3) is 0. The van der Waals surface area contributed by atoms with Crippen LogP contribution in [0.2, 0.25) is 0 Å². The van der Waals surface area contributed by atoms with E-state index in [4.69, 9.17) is 10.5 Å². The minimum Gasteiger partial charge on any atom is -0.435 e. The minimum atomic E-state index is -0.416. The Balaban J connectivity index is 1.70. The molecular formula is C19H13BrFN5O. The Kier molecular flexibility index (Phi) is 4.55. The summed E-state index contributed by atoms with van der Waals surface area (Å²) in [6.45, 7) is 0. The van der Waals surface area contributed by atoms with Crippen molar-refractivity contribution in [3.05, 3.63) is 71.3 Å². The maximum Gasteiger partial charge on any atom is 0.248 e. The van der Waals surface area contributed by atoms with E-state index in [0.29, 0.717) is 11.3 Å². The van der Waals surface area contributed by atoms with Gasteiger partial charge in [0.2, 0.25) is 5.88 Å². The number of fused-ring (bicyclic) bond motifs is 1. The lowest BCUT2D eigenvalue weighted by Gasteiger charge is -2.13. The zero-order valence-electron chi connectivity index (χ0n) is 13.9. The molecule has 6 nitrogen and oxygen atoms in total. The Morgan fingerprint density at radius 3 is 2.70 bits per heavy atom. The van der Waals surface area contributed by atoms with E-state index >= 15 is 0 Å². The summed E-state index contributed by atoms with van der Waals surface area (Å²) in [6, 6.07) is 13.6. The van der Waals surface area contributed by atoms with Crippen molar-refractivity contribution in [3.8, 4) is 11.6 Å². The Hall–Kier alpha value is -3.26. The maximum atomic E-state index is 13.9. The zero-order valence-corrected chi connectivity index (χ0v) is 15.4. The largest absolute Gasteiger partial charge is 0.435 e. The molecule has 3 N–H and O–H groups in total. The molecule has 0 radical (unpaired) electrons. The number of ether oxygens (including phenoxy) is 1. The van der Waals surface area contributed by atoms with Gasteiger partial charge in [0.05, 0.1) is 5.69 Å². The van der Waals surface area contributed by atoms with Crippen LogP contribution in [0, 0.1) is 5.82 Å². The smallest absolute Gasteiger partial charge is 0.248 e. The summed E-state index contributed by atoms with van der Waals surface area (Å²) < 4.78 is 20.7. The number of nitrogens with one attached hydrogen (secondary N) is 1. The predicted octanol–water partition coefficient (Wildman–Crippen LogP) is 5.04. The third-order valence-corrected chi connectivity index (χ3v) is 4.55. The first kappa shape index (κ1) is 17.2. The Labute approximate surface area is 162 Å². The number of nitrogen functional groups attached to an aromatic ring is 1. The fourth-order valence-electron chi connectivity index (χ4n) is 2.55. The monoisotopic (exact) mass is 425 g/mol. The van der Waals surface area contributed by atoms with E-state index in [2.05, 4.69) is 36.2 Å². The third kappa shape index (κ3) is 3.39. The Bertz CT molecular complexity index is 1140. The van der Waals surface area contributed by atoms with Crippen molar-refractivity contribution in [2.45, 2.75) is 0 Å². The normalized spacial score (nSPS) is 10.7. The predicted molar refractivity (Wildman–Crippen MR) is 106 cm³/mol. The molecule has 0 spiro atoms. The van der Waals surface area contributed by atoms with Gasteiger partial charge in [-0.3, -0.25) is 4.98 Å². The molecule has 0 bridgehead atoms. The van der Waals surface area contributed by atoms with Gasteiger partial charge < -0.3 is 15.8 Å². The van der Waals surface area contributed by atoms with Crippen molar-refractivity contribution in [1.82, 2.24) is 15.0 Å². The lowest BCUT2D eigenvalue weighted by Crippen LogP contribution is -2.04. The molecule has 2 aromatic carbocycles. The molecule has 134 valence electrons. The molecular weight excluding hydrogens is 413 g/mol. The number of halogens is 2. The van der Waals surface area contributed by atoms with Gasteiger partial charge in [-0.15, -0.1) is 0 Å². The first-order valence-corrected chi connectivity index (χ1v) is 8.76. The van der Waals surface area contributed by atoms with Crippen LogP contribution in [0.5, 0.6) is 11.6 Å². The molecule has 0 saturated heterocycles. The van der Waals surface area contributed by atoms with Crippen LogP contribution in [0.1, 0.15) is 0 Å². The number of nitrogens with zero attached hydrogens (tertiary/aromatic N) is 3. The van der Waals surface area contributed by atoms with E-state index in [1.807, 2.05) is 18.2 Å². The molecule has 4 aromatic rings. The molecule has 8 heteroatoms. The van der Waals surface area contributed by atoms with Gasteiger partial charge in [0, 0.05) is 16.1 Å². The molecule has 0 unspecified atom stereocenters. The average Bonchev–Trinajstić information content (AvgIpc) is 2.69. The van der Waals surface area contributed by atoms with E-state index in [1.165, 1.54) is 12.4 Å². The highest BCUT2D eigenvalue weighted by atomic mass is 79.9. The van der Waals surface area contributed by atoms with Crippen molar-refractivity contribution < 1.29 is 9.13 Å². The van der Waals surface area contributed by atoms with Crippen molar-refractivity contribution in [3.63, 3.8) is 0 Å². The highest BCUT2D eigenvalue weighted by molar-refractivity contribution is 9.10. The Morgan fingerprint density at radius 2 is 1.85 bits per heavy atom. The quantitative estimate of drug-likeness (QED) is 0.475. The van der Waals surface area contributed by atoms with Crippen LogP contribution in [-0.2, 0) is 0 Å². The summed E-state index contributed by atoms with van der Waals surface area (Å²) in [5, 5.41) is 3.75. The van der Waals surface area contributed by atoms with Gasteiger partial charge >= 0.3 is 0 Å². The molecule has 0 saturated carbocycles. The van der Waals surface area contributed by atoms with Crippen molar-refractivity contribution >= 4 is 44.0 Å². The average molecular weight is 426 g/mol. The molecule has 4 rings (SSSR count). The first-order valence-electron chi connectivity index (χ1n) is 7.96. The van der Waals surface area contributed by atoms with Gasteiger partial charge in [-0.25, -0.2) is 9.37 Å². The summed E-state index contributed by atoms with van der Waals surface area (Å²) in [5.41, 5.74) is 7.21. The number of hydrogen-bond donors (Lipinski definition) is 2. The Morgan fingerprint density at radius 1 is 1.00 bits per heavy atom. The summed E-state index contributed by atoms with van der Waals surface area (Å²) in [5.74, 6) is 0.481. The summed E-state index contributed by atoms with van der Waals surface area (Å²) in [6.07, 6.45) is 2.97. The standard InChI is InChI=1S/C19H13BrFN5O/c20-12-7-8-15(17-11(12)4-3-9-23-17)27-19-16(22)18(24-10-25-19)26-14-6-2-1-5-13(14)21/h1-10H,22H2,(H,24,25,26). The molecule has 27 heavy (non-hydrogen) atoms. The number of rotatable bonds is 4.